The normalized spacial score (nSPS) is 14.2. The Morgan fingerprint density at radius 1 is 1.23 bits per heavy atom. The standard InChI is InChI=1S/C20H25FN4O/c1-22-20(23-10-9-15-3-2-4-18(21)11-15)25-13-17-7-8-19(24-12-17)26-14-16-5-6-16/h2-4,7-8,11-12,16H,5-6,9-10,13-14H2,1H3,(H2,22,23,25). The molecule has 0 unspecified atom stereocenters. The Morgan fingerprint density at radius 2 is 2.12 bits per heavy atom. The lowest BCUT2D eigenvalue weighted by Crippen LogP contribution is -2.37. The van der Waals surface area contributed by atoms with Crippen molar-refractivity contribution < 1.29 is 9.13 Å². The molecule has 1 aliphatic rings. The number of benzene rings is 1. The van der Waals surface area contributed by atoms with Gasteiger partial charge in [0.25, 0.3) is 0 Å². The fraction of sp³-hybridized carbons (Fsp3) is 0.400. The molecule has 3 rings (SSSR count). The number of aliphatic imine (C=N–C) groups is 1. The molecule has 0 bridgehead atoms. The molecule has 1 aromatic heterocycles. The van der Waals surface area contributed by atoms with E-state index < -0.39 is 0 Å². The van der Waals surface area contributed by atoms with Crippen molar-refractivity contribution in [2.24, 2.45) is 10.9 Å². The van der Waals surface area contributed by atoms with Crippen LogP contribution in [0.4, 0.5) is 4.39 Å². The van der Waals surface area contributed by atoms with E-state index in [1.165, 1.54) is 18.9 Å². The van der Waals surface area contributed by atoms with Gasteiger partial charge in [0, 0.05) is 32.4 Å². The van der Waals surface area contributed by atoms with E-state index in [1.807, 2.05) is 24.4 Å². The van der Waals surface area contributed by atoms with Crippen LogP contribution in [-0.4, -0.2) is 31.1 Å². The summed E-state index contributed by atoms with van der Waals surface area (Å²) in [5.74, 6) is 1.90. The van der Waals surface area contributed by atoms with E-state index in [4.69, 9.17) is 4.74 Å². The predicted molar refractivity (Wildman–Crippen MR) is 101 cm³/mol. The molecule has 1 heterocycles. The number of nitrogens with zero attached hydrogens (tertiary/aromatic N) is 2. The third kappa shape index (κ3) is 6.02. The average molecular weight is 356 g/mol. The molecule has 138 valence electrons. The fourth-order valence-corrected chi connectivity index (χ4v) is 2.51. The monoisotopic (exact) mass is 356 g/mol. The maximum Gasteiger partial charge on any atom is 0.213 e. The molecule has 0 saturated heterocycles. The van der Waals surface area contributed by atoms with Crippen LogP contribution < -0.4 is 15.4 Å². The largest absolute Gasteiger partial charge is 0.477 e. The van der Waals surface area contributed by atoms with Crippen LogP contribution in [0, 0.1) is 11.7 Å². The quantitative estimate of drug-likeness (QED) is 0.564. The summed E-state index contributed by atoms with van der Waals surface area (Å²) in [6, 6.07) is 10.5. The van der Waals surface area contributed by atoms with Gasteiger partial charge in [-0.25, -0.2) is 9.37 Å². The molecule has 1 aromatic carbocycles. The Kier molecular flexibility index (Phi) is 6.41. The van der Waals surface area contributed by atoms with Crippen LogP contribution in [-0.2, 0) is 13.0 Å². The number of aromatic nitrogens is 1. The number of pyridine rings is 1. The van der Waals surface area contributed by atoms with Crippen molar-refractivity contribution in [3.8, 4) is 5.88 Å². The topological polar surface area (TPSA) is 58.5 Å². The summed E-state index contributed by atoms with van der Waals surface area (Å²) >= 11 is 0. The molecule has 0 amide bonds. The zero-order valence-electron chi connectivity index (χ0n) is 15.0. The fourth-order valence-electron chi connectivity index (χ4n) is 2.51. The van der Waals surface area contributed by atoms with Crippen LogP contribution in [0.1, 0.15) is 24.0 Å². The van der Waals surface area contributed by atoms with Gasteiger partial charge in [0.05, 0.1) is 6.61 Å². The number of nitrogens with one attached hydrogen (secondary N) is 2. The molecule has 0 radical (unpaired) electrons. The lowest BCUT2D eigenvalue weighted by molar-refractivity contribution is 0.288. The number of hydrogen-bond acceptors (Lipinski definition) is 3. The second-order valence-electron chi connectivity index (χ2n) is 6.49. The Balaban J connectivity index is 1.39. The van der Waals surface area contributed by atoms with E-state index in [1.54, 1.807) is 19.2 Å². The van der Waals surface area contributed by atoms with E-state index in [-0.39, 0.29) is 5.82 Å². The van der Waals surface area contributed by atoms with Crippen molar-refractivity contribution in [1.29, 1.82) is 0 Å². The molecular weight excluding hydrogens is 331 g/mol. The molecule has 6 heteroatoms. The number of rotatable bonds is 8. The van der Waals surface area contributed by atoms with Crippen molar-refractivity contribution in [1.82, 2.24) is 15.6 Å². The smallest absolute Gasteiger partial charge is 0.213 e. The molecule has 0 atom stereocenters. The van der Waals surface area contributed by atoms with Gasteiger partial charge in [-0.2, -0.15) is 0 Å². The molecule has 1 saturated carbocycles. The molecule has 1 fully saturated rings. The van der Waals surface area contributed by atoms with Crippen molar-refractivity contribution in [2.45, 2.75) is 25.8 Å². The van der Waals surface area contributed by atoms with Gasteiger partial charge in [-0.15, -0.1) is 0 Å². The summed E-state index contributed by atoms with van der Waals surface area (Å²) < 4.78 is 18.8. The minimum atomic E-state index is -0.206. The third-order valence-electron chi connectivity index (χ3n) is 4.24. The highest BCUT2D eigenvalue weighted by molar-refractivity contribution is 5.79. The molecular formula is C20H25FN4O. The van der Waals surface area contributed by atoms with Crippen LogP contribution in [0.3, 0.4) is 0 Å². The molecule has 1 aliphatic carbocycles. The first kappa shape index (κ1) is 18.2. The number of ether oxygens (including phenoxy) is 1. The highest BCUT2D eigenvalue weighted by Gasteiger charge is 2.21. The van der Waals surface area contributed by atoms with E-state index in [2.05, 4.69) is 20.6 Å². The highest BCUT2D eigenvalue weighted by Crippen LogP contribution is 2.29. The first-order valence-corrected chi connectivity index (χ1v) is 8.99. The van der Waals surface area contributed by atoms with Crippen LogP contribution in [0.5, 0.6) is 5.88 Å². The number of halogens is 1. The maximum absolute atomic E-state index is 13.2. The van der Waals surface area contributed by atoms with E-state index in [0.29, 0.717) is 24.9 Å². The van der Waals surface area contributed by atoms with Gasteiger partial charge in [-0.3, -0.25) is 4.99 Å². The van der Waals surface area contributed by atoms with Crippen molar-refractivity contribution in [3.63, 3.8) is 0 Å². The van der Waals surface area contributed by atoms with Gasteiger partial charge in [0.2, 0.25) is 5.88 Å². The lowest BCUT2D eigenvalue weighted by Gasteiger charge is -2.12. The third-order valence-corrected chi connectivity index (χ3v) is 4.24. The van der Waals surface area contributed by atoms with Gasteiger partial charge in [0.1, 0.15) is 5.82 Å². The van der Waals surface area contributed by atoms with Gasteiger partial charge >= 0.3 is 0 Å². The summed E-state index contributed by atoms with van der Waals surface area (Å²) in [4.78, 5) is 8.53. The Morgan fingerprint density at radius 3 is 2.81 bits per heavy atom. The van der Waals surface area contributed by atoms with E-state index in [0.717, 1.165) is 30.1 Å². The van der Waals surface area contributed by atoms with Gasteiger partial charge < -0.3 is 15.4 Å². The Labute approximate surface area is 153 Å². The first-order valence-electron chi connectivity index (χ1n) is 8.99. The van der Waals surface area contributed by atoms with Crippen LogP contribution >= 0.6 is 0 Å². The van der Waals surface area contributed by atoms with E-state index >= 15 is 0 Å². The molecule has 26 heavy (non-hydrogen) atoms. The highest BCUT2D eigenvalue weighted by atomic mass is 19.1. The van der Waals surface area contributed by atoms with Gasteiger partial charge in [-0.1, -0.05) is 18.2 Å². The summed E-state index contributed by atoms with van der Waals surface area (Å²) in [5, 5.41) is 6.48. The number of hydrogen-bond donors (Lipinski definition) is 2. The Hall–Kier alpha value is -2.63. The summed E-state index contributed by atoms with van der Waals surface area (Å²) in [5.41, 5.74) is 2.01. The predicted octanol–water partition coefficient (Wildman–Crippen LogP) is 2.92. The minimum absolute atomic E-state index is 0.206. The molecule has 0 aliphatic heterocycles. The average Bonchev–Trinajstić information content (AvgIpc) is 3.48. The van der Waals surface area contributed by atoms with Crippen molar-refractivity contribution >= 4 is 5.96 Å². The SMILES string of the molecule is CN=C(NCCc1cccc(F)c1)NCc1ccc(OCC2CC2)nc1. The zero-order chi connectivity index (χ0) is 18.2. The zero-order valence-corrected chi connectivity index (χ0v) is 15.0. The summed E-state index contributed by atoms with van der Waals surface area (Å²) in [6.45, 7) is 2.07. The molecule has 5 nitrogen and oxygen atoms in total. The molecule has 0 spiro atoms. The lowest BCUT2D eigenvalue weighted by atomic mass is 10.1. The van der Waals surface area contributed by atoms with Crippen LogP contribution in [0.2, 0.25) is 0 Å². The summed E-state index contributed by atoms with van der Waals surface area (Å²) in [6.07, 6.45) is 5.09. The molecule has 2 N–H and O–H groups in total. The summed E-state index contributed by atoms with van der Waals surface area (Å²) in [7, 11) is 1.73. The Bertz CT molecular complexity index is 729. The second-order valence-corrected chi connectivity index (χ2v) is 6.49. The van der Waals surface area contributed by atoms with E-state index in [9.17, 15) is 4.39 Å². The van der Waals surface area contributed by atoms with Gasteiger partial charge in [-0.05, 0) is 48.4 Å². The van der Waals surface area contributed by atoms with Crippen LogP contribution in [0.25, 0.3) is 0 Å². The minimum Gasteiger partial charge on any atom is -0.477 e. The van der Waals surface area contributed by atoms with Gasteiger partial charge in [0.15, 0.2) is 5.96 Å². The first-order chi connectivity index (χ1) is 12.7. The molecule has 2 aromatic rings. The maximum atomic E-state index is 13.2. The van der Waals surface area contributed by atoms with Crippen molar-refractivity contribution in [3.05, 3.63) is 59.5 Å². The van der Waals surface area contributed by atoms with Crippen LogP contribution in [0.15, 0.2) is 47.6 Å². The van der Waals surface area contributed by atoms with Crippen molar-refractivity contribution in [2.75, 3.05) is 20.2 Å². The number of guanidine groups is 1. The second kappa shape index (κ2) is 9.17.